The summed E-state index contributed by atoms with van der Waals surface area (Å²) < 4.78 is 10.9. The van der Waals surface area contributed by atoms with Crippen molar-refractivity contribution in [2.45, 2.75) is 19.4 Å². The SMILES string of the molecule is CCCNCC(COC)Oc1cc(Cl)cc(Cl)c1. The lowest BCUT2D eigenvalue weighted by Gasteiger charge is -2.19. The first-order valence-electron chi connectivity index (χ1n) is 5.98. The third kappa shape index (κ3) is 5.91. The number of nitrogens with one attached hydrogen (secondary N) is 1. The van der Waals surface area contributed by atoms with Crippen molar-refractivity contribution < 1.29 is 9.47 Å². The van der Waals surface area contributed by atoms with E-state index in [1.807, 2.05) is 0 Å². The van der Waals surface area contributed by atoms with Crippen molar-refractivity contribution in [2.75, 3.05) is 26.8 Å². The highest BCUT2D eigenvalue weighted by atomic mass is 35.5. The highest BCUT2D eigenvalue weighted by Crippen LogP contribution is 2.24. The Morgan fingerprint density at radius 2 is 1.89 bits per heavy atom. The van der Waals surface area contributed by atoms with Crippen LogP contribution in [0.15, 0.2) is 18.2 Å². The van der Waals surface area contributed by atoms with Gasteiger partial charge in [-0.2, -0.15) is 0 Å². The molecule has 1 unspecified atom stereocenters. The van der Waals surface area contributed by atoms with Crippen LogP contribution in [0.2, 0.25) is 10.0 Å². The lowest BCUT2D eigenvalue weighted by Crippen LogP contribution is -2.35. The van der Waals surface area contributed by atoms with Gasteiger partial charge in [0.15, 0.2) is 0 Å². The van der Waals surface area contributed by atoms with Crippen LogP contribution in [0.5, 0.6) is 5.75 Å². The van der Waals surface area contributed by atoms with Gasteiger partial charge in [-0.3, -0.25) is 0 Å². The van der Waals surface area contributed by atoms with Crippen molar-refractivity contribution in [1.29, 1.82) is 0 Å². The van der Waals surface area contributed by atoms with Gasteiger partial charge in [-0.15, -0.1) is 0 Å². The molecule has 0 saturated heterocycles. The van der Waals surface area contributed by atoms with Gasteiger partial charge in [-0.1, -0.05) is 30.1 Å². The largest absolute Gasteiger partial charge is 0.487 e. The van der Waals surface area contributed by atoms with E-state index in [-0.39, 0.29) is 6.10 Å². The molecule has 102 valence electrons. The summed E-state index contributed by atoms with van der Waals surface area (Å²) in [5, 5.41) is 4.43. The van der Waals surface area contributed by atoms with Crippen LogP contribution in [-0.2, 0) is 4.74 Å². The highest BCUT2D eigenvalue weighted by Gasteiger charge is 2.10. The van der Waals surface area contributed by atoms with Crippen molar-refractivity contribution in [2.24, 2.45) is 0 Å². The van der Waals surface area contributed by atoms with E-state index in [0.717, 1.165) is 19.5 Å². The zero-order valence-electron chi connectivity index (χ0n) is 10.7. The molecule has 0 aromatic heterocycles. The number of methoxy groups -OCH3 is 1. The molecule has 1 N–H and O–H groups in total. The van der Waals surface area contributed by atoms with Crippen molar-refractivity contribution in [3.8, 4) is 5.75 Å². The maximum atomic E-state index is 5.93. The van der Waals surface area contributed by atoms with Crippen molar-refractivity contribution in [3.63, 3.8) is 0 Å². The first kappa shape index (κ1) is 15.6. The Kier molecular flexibility index (Phi) is 7.44. The molecule has 3 nitrogen and oxygen atoms in total. The standard InChI is InChI=1S/C13H19Cl2NO2/c1-3-4-16-8-13(9-17-2)18-12-6-10(14)5-11(15)7-12/h5-7,13,16H,3-4,8-9H2,1-2H3. The minimum absolute atomic E-state index is 0.0592. The molecular formula is C13H19Cl2NO2. The van der Waals surface area contributed by atoms with Crippen LogP contribution in [0.25, 0.3) is 0 Å². The lowest BCUT2D eigenvalue weighted by atomic mass is 10.3. The Morgan fingerprint density at radius 3 is 2.44 bits per heavy atom. The Balaban J connectivity index is 2.58. The van der Waals surface area contributed by atoms with Gasteiger partial charge in [0.2, 0.25) is 0 Å². The van der Waals surface area contributed by atoms with Crippen LogP contribution in [0.4, 0.5) is 0 Å². The lowest BCUT2D eigenvalue weighted by molar-refractivity contribution is 0.0807. The second kappa shape index (κ2) is 8.59. The van der Waals surface area contributed by atoms with Gasteiger partial charge in [0.1, 0.15) is 11.9 Å². The molecule has 0 aliphatic carbocycles. The molecule has 0 aliphatic rings. The van der Waals surface area contributed by atoms with Crippen LogP contribution < -0.4 is 10.1 Å². The fourth-order valence-corrected chi connectivity index (χ4v) is 2.06. The Labute approximate surface area is 118 Å². The molecule has 0 fully saturated rings. The minimum Gasteiger partial charge on any atom is -0.487 e. The van der Waals surface area contributed by atoms with E-state index in [1.54, 1.807) is 25.3 Å². The molecular weight excluding hydrogens is 273 g/mol. The smallest absolute Gasteiger partial charge is 0.134 e. The molecule has 18 heavy (non-hydrogen) atoms. The second-order valence-electron chi connectivity index (χ2n) is 4.00. The zero-order chi connectivity index (χ0) is 13.4. The van der Waals surface area contributed by atoms with Crippen molar-refractivity contribution in [1.82, 2.24) is 5.32 Å². The number of hydrogen-bond acceptors (Lipinski definition) is 3. The van der Waals surface area contributed by atoms with Gasteiger partial charge >= 0.3 is 0 Å². The van der Waals surface area contributed by atoms with E-state index >= 15 is 0 Å². The molecule has 1 rings (SSSR count). The molecule has 5 heteroatoms. The van der Waals surface area contributed by atoms with Crippen molar-refractivity contribution in [3.05, 3.63) is 28.2 Å². The van der Waals surface area contributed by atoms with Crippen LogP contribution in [-0.4, -0.2) is 32.9 Å². The molecule has 1 aromatic rings. The summed E-state index contributed by atoms with van der Waals surface area (Å²) in [4.78, 5) is 0. The van der Waals surface area contributed by atoms with Gasteiger partial charge in [-0.05, 0) is 31.2 Å². The first-order valence-corrected chi connectivity index (χ1v) is 6.73. The van der Waals surface area contributed by atoms with Crippen LogP contribution in [0.3, 0.4) is 0 Å². The summed E-state index contributed by atoms with van der Waals surface area (Å²) in [6.07, 6.45) is 1.03. The summed E-state index contributed by atoms with van der Waals surface area (Å²) in [5.74, 6) is 0.660. The minimum atomic E-state index is -0.0592. The monoisotopic (exact) mass is 291 g/mol. The number of halogens is 2. The molecule has 0 aliphatic heterocycles. The van der Waals surface area contributed by atoms with E-state index in [4.69, 9.17) is 32.7 Å². The van der Waals surface area contributed by atoms with E-state index < -0.39 is 0 Å². The first-order chi connectivity index (χ1) is 8.65. The number of ether oxygens (including phenoxy) is 2. The summed E-state index contributed by atoms with van der Waals surface area (Å²) in [5.41, 5.74) is 0. The quantitative estimate of drug-likeness (QED) is 0.745. The number of benzene rings is 1. The number of hydrogen-bond donors (Lipinski definition) is 1. The average molecular weight is 292 g/mol. The molecule has 1 atom stereocenters. The summed E-state index contributed by atoms with van der Waals surface area (Å²) in [6, 6.07) is 5.17. The Bertz CT molecular complexity index is 341. The highest BCUT2D eigenvalue weighted by molar-refractivity contribution is 6.34. The molecule has 0 spiro atoms. The molecule has 0 radical (unpaired) electrons. The third-order valence-corrected chi connectivity index (χ3v) is 2.73. The Morgan fingerprint density at radius 1 is 1.22 bits per heavy atom. The molecule has 0 saturated carbocycles. The van der Waals surface area contributed by atoms with Gasteiger partial charge in [0, 0.05) is 23.7 Å². The normalized spacial score (nSPS) is 12.4. The summed E-state index contributed by atoms with van der Waals surface area (Å²) in [7, 11) is 1.65. The topological polar surface area (TPSA) is 30.5 Å². The van der Waals surface area contributed by atoms with E-state index in [1.165, 1.54) is 0 Å². The van der Waals surface area contributed by atoms with E-state index in [0.29, 0.717) is 22.4 Å². The molecule has 0 bridgehead atoms. The fourth-order valence-electron chi connectivity index (χ4n) is 1.55. The predicted molar refractivity (Wildman–Crippen MR) is 75.9 cm³/mol. The maximum Gasteiger partial charge on any atom is 0.134 e. The van der Waals surface area contributed by atoms with Crippen LogP contribution >= 0.6 is 23.2 Å². The fraction of sp³-hybridized carbons (Fsp3) is 0.538. The van der Waals surface area contributed by atoms with E-state index in [2.05, 4.69) is 12.2 Å². The number of rotatable bonds is 8. The Hall–Kier alpha value is -0.480. The molecule has 1 aromatic carbocycles. The average Bonchev–Trinajstić information content (AvgIpc) is 2.28. The van der Waals surface area contributed by atoms with Crippen LogP contribution in [0.1, 0.15) is 13.3 Å². The molecule has 0 heterocycles. The van der Waals surface area contributed by atoms with Gasteiger partial charge in [0.25, 0.3) is 0 Å². The zero-order valence-corrected chi connectivity index (χ0v) is 12.2. The summed E-state index contributed by atoms with van der Waals surface area (Å²) in [6.45, 7) is 4.32. The van der Waals surface area contributed by atoms with Crippen LogP contribution in [0, 0.1) is 0 Å². The van der Waals surface area contributed by atoms with Crippen molar-refractivity contribution >= 4 is 23.2 Å². The maximum absolute atomic E-state index is 5.93. The van der Waals surface area contributed by atoms with E-state index in [9.17, 15) is 0 Å². The van der Waals surface area contributed by atoms with Gasteiger partial charge < -0.3 is 14.8 Å². The van der Waals surface area contributed by atoms with Gasteiger partial charge in [0.05, 0.1) is 6.61 Å². The third-order valence-electron chi connectivity index (χ3n) is 2.29. The van der Waals surface area contributed by atoms with Gasteiger partial charge in [-0.25, -0.2) is 0 Å². The molecule has 0 amide bonds. The predicted octanol–water partition coefficient (Wildman–Crippen LogP) is 3.39. The second-order valence-corrected chi connectivity index (χ2v) is 4.88. The summed E-state index contributed by atoms with van der Waals surface area (Å²) >= 11 is 11.9.